The first-order valence-electron chi connectivity index (χ1n) is 9.03. The minimum Gasteiger partial charge on any atom is -0.339 e. The summed E-state index contributed by atoms with van der Waals surface area (Å²) >= 11 is 7.29. The van der Waals surface area contributed by atoms with Crippen molar-refractivity contribution in [2.45, 2.75) is 26.2 Å². The fourth-order valence-corrected chi connectivity index (χ4v) is 4.53. The van der Waals surface area contributed by atoms with Crippen LogP contribution in [0.2, 0.25) is 4.34 Å². The molecule has 1 atom stereocenters. The number of hydrogen-bond acceptors (Lipinski definition) is 5. The van der Waals surface area contributed by atoms with Gasteiger partial charge in [0.15, 0.2) is 0 Å². The predicted molar refractivity (Wildman–Crippen MR) is 106 cm³/mol. The van der Waals surface area contributed by atoms with Crippen molar-refractivity contribution >= 4 is 28.8 Å². The zero-order valence-electron chi connectivity index (χ0n) is 15.0. The van der Waals surface area contributed by atoms with Gasteiger partial charge < -0.3 is 9.42 Å². The maximum absolute atomic E-state index is 12.7. The standard InChI is InChI=1S/C20H20ClN3O2S/c1-13-5-2-3-7-15(13)19-22-18(26-23-19)11-14-6-4-10-24(12-14)20(25)16-8-9-17(21)27-16/h2-3,5,7-9,14H,4,6,10-12H2,1H3. The van der Waals surface area contributed by atoms with Crippen LogP contribution in [0.15, 0.2) is 40.9 Å². The summed E-state index contributed by atoms with van der Waals surface area (Å²) in [6, 6.07) is 11.6. The third-order valence-corrected chi connectivity index (χ3v) is 6.13. The van der Waals surface area contributed by atoms with Gasteiger partial charge in [-0.05, 0) is 43.4 Å². The molecule has 1 aliphatic rings. The number of nitrogens with zero attached hydrogens (tertiary/aromatic N) is 3. The number of thiophene rings is 1. The Balaban J connectivity index is 1.43. The second kappa shape index (κ2) is 7.82. The number of carbonyl (C=O) groups is 1. The summed E-state index contributed by atoms with van der Waals surface area (Å²) in [5.41, 5.74) is 2.11. The highest BCUT2D eigenvalue weighted by atomic mass is 35.5. The van der Waals surface area contributed by atoms with Crippen LogP contribution < -0.4 is 0 Å². The van der Waals surface area contributed by atoms with Gasteiger partial charge in [-0.3, -0.25) is 4.79 Å². The SMILES string of the molecule is Cc1ccccc1-c1noc(CC2CCCN(C(=O)c3ccc(Cl)s3)C2)n1. The van der Waals surface area contributed by atoms with Gasteiger partial charge in [-0.2, -0.15) is 4.98 Å². The van der Waals surface area contributed by atoms with Gasteiger partial charge >= 0.3 is 0 Å². The molecule has 1 fully saturated rings. The number of aromatic nitrogens is 2. The molecule has 27 heavy (non-hydrogen) atoms. The Labute approximate surface area is 167 Å². The third-order valence-electron chi connectivity index (χ3n) is 4.91. The van der Waals surface area contributed by atoms with Crippen molar-refractivity contribution in [1.29, 1.82) is 0 Å². The molecular formula is C20H20ClN3O2S. The Morgan fingerprint density at radius 1 is 1.33 bits per heavy atom. The summed E-state index contributed by atoms with van der Waals surface area (Å²) in [5.74, 6) is 1.64. The van der Waals surface area contributed by atoms with Gasteiger partial charge in [0, 0.05) is 25.1 Å². The van der Waals surface area contributed by atoms with E-state index in [0.717, 1.165) is 30.5 Å². The lowest BCUT2D eigenvalue weighted by Gasteiger charge is -2.31. The van der Waals surface area contributed by atoms with Crippen LogP contribution in [0.25, 0.3) is 11.4 Å². The minimum atomic E-state index is 0.0581. The first kappa shape index (κ1) is 18.2. The molecule has 1 unspecified atom stereocenters. The number of benzene rings is 1. The first-order chi connectivity index (χ1) is 13.1. The smallest absolute Gasteiger partial charge is 0.263 e. The van der Waals surface area contributed by atoms with E-state index in [9.17, 15) is 4.79 Å². The summed E-state index contributed by atoms with van der Waals surface area (Å²) in [4.78, 5) is 19.8. The molecule has 140 valence electrons. The van der Waals surface area contributed by atoms with Crippen molar-refractivity contribution in [2.24, 2.45) is 5.92 Å². The minimum absolute atomic E-state index is 0.0581. The van der Waals surface area contributed by atoms with E-state index in [4.69, 9.17) is 16.1 Å². The number of likely N-dealkylation sites (tertiary alicyclic amines) is 1. The molecule has 1 amide bonds. The van der Waals surface area contributed by atoms with E-state index in [-0.39, 0.29) is 5.91 Å². The molecule has 2 aromatic heterocycles. The molecule has 0 N–H and O–H groups in total. The largest absolute Gasteiger partial charge is 0.339 e. The third kappa shape index (κ3) is 4.06. The van der Waals surface area contributed by atoms with E-state index in [1.807, 2.05) is 36.1 Å². The fraction of sp³-hybridized carbons (Fsp3) is 0.350. The van der Waals surface area contributed by atoms with E-state index in [1.165, 1.54) is 11.3 Å². The van der Waals surface area contributed by atoms with Gasteiger partial charge in [0.25, 0.3) is 5.91 Å². The summed E-state index contributed by atoms with van der Waals surface area (Å²) < 4.78 is 6.12. The Hall–Kier alpha value is -2.18. The van der Waals surface area contributed by atoms with E-state index in [2.05, 4.69) is 10.1 Å². The van der Waals surface area contributed by atoms with E-state index in [0.29, 0.717) is 39.8 Å². The van der Waals surface area contributed by atoms with Gasteiger partial charge in [0.05, 0.1) is 9.21 Å². The van der Waals surface area contributed by atoms with Crippen molar-refractivity contribution in [3.8, 4) is 11.4 Å². The second-order valence-electron chi connectivity index (χ2n) is 6.89. The Morgan fingerprint density at radius 2 is 2.19 bits per heavy atom. The van der Waals surface area contributed by atoms with E-state index in [1.54, 1.807) is 12.1 Å². The van der Waals surface area contributed by atoms with E-state index >= 15 is 0 Å². The summed E-state index contributed by atoms with van der Waals surface area (Å²) in [5, 5.41) is 4.14. The normalized spacial score (nSPS) is 17.3. The summed E-state index contributed by atoms with van der Waals surface area (Å²) in [6.45, 7) is 3.52. The molecule has 1 aromatic carbocycles. The van der Waals surface area contributed by atoms with Gasteiger partial charge in [0.1, 0.15) is 0 Å². The van der Waals surface area contributed by atoms with Gasteiger partial charge in [-0.15, -0.1) is 11.3 Å². The molecule has 0 spiro atoms. The molecule has 3 heterocycles. The van der Waals surface area contributed by atoms with Crippen LogP contribution in [-0.2, 0) is 6.42 Å². The van der Waals surface area contributed by atoms with Gasteiger partial charge in [-0.25, -0.2) is 0 Å². The second-order valence-corrected chi connectivity index (χ2v) is 8.61. The zero-order valence-corrected chi connectivity index (χ0v) is 16.6. The number of hydrogen-bond donors (Lipinski definition) is 0. The van der Waals surface area contributed by atoms with Crippen LogP contribution in [0.3, 0.4) is 0 Å². The molecular weight excluding hydrogens is 382 g/mol. The Bertz CT molecular complexity index is 952. The average Bonchev–Trinajstić information content (AvgIpc) is 3.31. The topological polar surface area (TPSA) is 59.2 Å². The van der Waals surface area contributed by atoms with Gasteiger partial charge in [0.2, 0.25) is 11.7 Å². The van der Waals surface area contributed by atoms with Crippen molar-refractivity contribution in [1.82, 2.24) is 15.0 Å². The van der Waals surface area contributed by atoms with E-state index < -0.39 is 0 Å². The molecule has 5 nitrogen and oxygen atoms in total. The maximum atomic E-state index is 12.7. The van der Waals surface area contributed by atoms with Crippen LogP contribution in [-0.4, -0.2) is 34.0 Å². The van der Waals surface area contributed by atoms with Gasteiger partial charge in [-0.1, -0.05) is 41.0 Å². The molecule has 0 aliphatic carbocycles. The van der Waals surface area contributed by atoms with Crippen LogP contribution >= 0.6 is 22.9 Å². The Kier molecular flexibility index (Phi) is 5.27. The summed E-state index contributed by atoms with van der Waals surface area (Å²) in [7, 11) is 0. The molecule has 7 heteroatoms. The molecule has 4 rings (SSSR count). The fourth-order valence-electron chi connectivity index (χ4n) is 3.52. The maximum Gasteiger partial charge on any atom is 0.263 e. The highest BCUT2D eigenvalue weighted by Gasteiger charge is 2.27. The molecule has 1 aliphatic heterocycles. The van der Waals surface area contributed by atoms with Crippen LogP contribution in [0.5, 0.6) is 0 Å². The lowest BCUT2D eigenvalue weighted by atomic mass is 9.94. The number of rotatable bonds is 4. The molecule has 3 aromatic rings. The lowest BCUT2D eigenvalue weighted by Crippen LogP contribution is -2.40. The number of carbonyl (C=O) groups excluding carboxylic acids is 1. The Morgan fingerprint density at radius 3 is 2.96 bits per heavy atom. The number of piperidine rings is 1. The quantitative estimate of drug-likeness (QED) is 0.626. The van der Waals surface area contributed by atoms with Crippen LogP contribution in [0.1, 0.15) is 34.0 Å². The highest BCUT2D eigenvalue weighted by molar-refractivity contribution is 7.17. The molecule has 0 bridgehead atoms. The highest BCUT2D eigenvalue weighted by Crippen LogP contribution is 2.27. The molecule has 0 radical (unpaired) electrons. The van der Waals surface area contributed by atoms with Crippen molar-refractivity contribution < 1.29 is 9.32 Å². The lowest BCUT2D eigenvalue weighted by molar-refractivity contribution is 0.0673. The monoisotopic (exact) mass is 401 g/mol. The molecule has 1 saturated heterocycles. The average molecular weight is 402 g/mol. The van der Waals surface area contributed by atoms with Crippen molar-refractivity contribution in [3.05, 3.63) is 57.1 Å². The van der Waals surface area contributed by atoms with Crippen LogP contribution in [0, 0.1) is 12.8 Å². The number of aryl methyl sites for hydroxylation is 1. The van der Waals surface area contributed by atoms with Crippen LogP contribution in [0.4, 0.5) is 0 Å². The predicted octanol–water partition coefficient (Wildman–Crippen LogP) is 4.85. The first-order valence-corrected chi connectivity index (χ1v) is 10.2. The number of halogens is 1. The number of amides is 1. The summed E-state index contributed by atoms with van der Waals surface area (Å²) in [6.07, 6.45) is 2.72. The van der Waals surface area contributed by atoms with Crippen molar-refractivity contribution in [2.75, 3.05) is 13.1 Å². The van der Waals surface area contributed by atoms with Crippen molar-refractivity contribution in [3.63, 3.8) is 0 Å². The molecule has 0 saturated carbocycles. The zero-order chi connectivity index (χ0) is 18.8.